The maximum absolute atomic E-state index is 13.5. The molecule has 196 valence electrons. The molecule has 1 aliphatic heterocycles. The van der Waals surface area contributed by atoms with E-state index in [4.69, 9.17) is 4.42 Å². The predicted octanol–water partition coefficient (Wildman–Crippen LogP) is 4.57. The smallest absolute Gasteiger partial charge is 0.417 e. The van der Waals surface area contributed by atoms with E-state index in [1.165, 1.54) is 14.1 Å². The molecule has 1 aromatic heterocycles. The SMILES string of the molecule is CC[C@@H](N=C1NS(=O)(=O)C=C1Nc1ccc(C(F)(F)F)c(C(=O)N(C)C)c1O)c1cc(C(C)C)co1. The van der Waals surface area contributed by atoms with Gasteiger partial charge in [0.1, 0.15) is 11.8 Å². The van der Waals surface area contributed by atoms with Gasteiger partial charge in [0.25, 0.3) is 15.9 Å². The molecular weight excluding hydrogens is 501 g/mol. The summed E-state index contributed by atoms with van der Waals surface area (Å²) in [6, 6.07) is 2.81. The molecule has 2 aromatic rings. The summed E-state index contributed by atoms with van der Waals surface area (Å²) in [6.07, 6.45) is -2.86. The summed E-state index contributed by atoms with van der Waals surface area (Å²) < 4.78 is 73.0. The van der Waals surface area contributed by atoms with Crippen molar-refractivity contribution in [3.8, 4) is 5.75 Å². The number of phenols is 1. The Hall–Kier alpha value is -3.48. The first-order valence-corrected chi connectivity index (χ1v) is 12.5. The summed E-state index contributed by atoms with van der Waals surface area (Å²) >= 11 is 0. The minimum absolute atomic E-state index is 0.121. The third-order valence-electron chi connectivity index (χ3n) is 5.45. The first-order chi connectivity index (χ1) is 16.6. The molecule has 1 aliphatic rings. The number of furan rings is 1. The third kappa shape index (κ3) is 5.66. The van der Waals surface area contributed by atoms with Gasteiger partial charge in [0.15, 0.2) is 11.6 Å². The van der Waals surface area contributed by atoms with Crippen molar-refractivity contribution in [2.75, 3.05) is 19.4 Å². The molecule has 0 spiro atoms. The van der Waals surface area contributed by atoms with E-state index in [0.29, 0.717) is 18.2 Å². The Morgan fingerprint density at radius 1 is 1.28 bits per heavy atom. The number of nitrogens with one attached hydrogen (secondary N) is 2. The normalized spacial score (nSPS) is 17.1. The Morgan fingerprint density at radius 2 is 1.94 bits per heavy atom. The number of hydrogen-bond acceptors (Lipinski definition) is 7. The number of sulfonamides is 1. The number of carbonyl (C=O) groups is 1. The highest BCUT2D eigenvalue weighted by Crippen LogP contribution is 2.40. The van der Waals surface area contributed by atoms with Crippen LogP contribution < -0.4 is 10.0 Å². The van der Waals surface area contributed by atoms with Crippen LogP contribution in [-0.2, 0) is 16.2 Å². The third-order valence-corrected chi connectivity index (χ3v) is 6.47. The molecule has 1 aromatic carbocycles. The van der Waals surface area contributed by atoms with Gasteiger partial charge in [-0.1, -0.05) is 20.8 Å². The standard InChI is InChI=1S/C23H27F3N4O5S/c1-6-15(18-9-13(10-35-18)12(2)3)28-21-17(11-36(33,34)29-21)27-16-8-7-14(23(24,25)26)19(20(16)31)22(32)30(4)5/h7-12,15,27,31H,6H2,1-5H3,(H,28,29)/t15-/m1/s1. The average molecular weight is 529 g/mol. The van der Waals surface area contributed by atoms with E-state index in [0.717, 1.165) is 21.9 Å². The lowest BCUT2D eigenvalue weighted by atomic mass is 10.0. The molecule has 2 heterocycles. The summed E-state index contributed by atoms with van der Waals surface area (Å²) in [5, 5.41) is 14.0. The number of benzene rings is 1. The minimum atomic E-state index is -4.91. The summed E-state index contributed by atoms with van der Waals surface area (Å²) in [6.45, 7) is 5.81. The summed E-state index contributed by atoms with van der Waals surface area (Å²) in [7, 11) is -1.48. The van der Waals surface area contributed by atoms with E-state index in [2.05, 4.69) is 15.0 Å². The van der Waals surface area contributed by atoms with Gasteiger partial charge in [0, 0.05) is 14.1 Å². The lowest BCUT2D eigenvalue weighted by Gasteiger charge is -2.20. The molecule has 0 saturated heterocycles. The number of nitrogens with zero attached hydrogens (tertiary/aromatic N) is 2. The lowest BCUT2D eigenvalue weighted by molar-refractivity contribution is -0.138. The second-order valence-corrected chi connectivity index (χ2v) is 10.3. The van der Waals surface area contributed by atoms with Crippen molar-refractivity contribution < 1.29 is 35.9 Å². The van der Waals surface area contributed by atoms with Crippen molar-refractivity contribution in [2.24, 2.45) is 4.99 Å². The first-order valence-electron chi connectivity index (χ1n) is 11.0. The van der Waals surface area contributed by atoms with Gasteiger partial charge < -0.3 is 19.7 Å². The molecule has 13 heteroatoms. The zero-order chi connectivity index (χ0) is 27.0. The molecule has 0 bridgehead atoms. The van der Waals surface area contributed by atoms with Gasteiger partial charge in [-0.05, 0) is 36.1 Å². The van der Waals surface area contributed by atoms with E-state index in [1.807, 2.05) is 26.8 Å². The van der Waals surface area contributed by atoms with Gasteiger partial charge in [-0.3, -0.25) is 14.5 Å². The van der Waals surface area contributed by atoms with E-state index in [-0.39, 0.29) is 23.1 Å². The number of phenolic OH excluding ortho intramolecular Hbond substituents is 1. The molecule has 3 N–H and O–H groups in total. The van der Waals surface area contributed by atoms with Crippen LogP contribution in [0.25, 0.3) is 0 Å². The Kier molecular flexibility index (Phi) is 7.44. The molecular formula is C23H27F3N4O5S. The quantitative estimate of drug-likeness (QED) is 0.453. The Labute approximate surface area is 206 Å². The molecule has 1 amide bonds. The van der Waals surface area contributed by atoms with E-state index in [9.17, 15) is 31.5 Å². The number of aliphatic imine (C=N–C) groups is 1. The fourth-order valence-corrected chi connectivity index (χ4v) is 4.46. The highest BCUT2D eigenvalue weighted by Gasteiger charge is 2.38. The van der Waals surface area contributed by atoms with Crippen molar-refractivity contribution in [2.45, 2.75) is 45.3 Å². The molecule has 0 unspecified atom stereocenters. The van der Waals surface area contributed by atoms with E-state index >= 15 is 0 Å². The summed E-state index contributed by atoms with van der Waals surface area (Å²) in [5.41, 5.74) is -1.78. The second kappa shape index (κ2) is 9.88. The van der Waals surface area contributed by atoms with Crippen LogP contribution in [0.4, 0.5) is 18.9 Å². The van der Waals surface area contributed by atoms with Crippen molar-refractivity contribution in [3.63, 3.8) is 0 Å². The zero-order valence-electron chi connectivity index (χ0n) is 20.3. The van der Waals surface area contributed by atoms with E-state index in [1.54, 1.807) is 6.26 Å². The monoisotopic (exact) mass is 528 g/mol. The number of aromatic hydroxyl groups is 1. The molecule has 0 radical (unpaired) electrons. The van der Waals surface area contributed by atoms with Gasteiger partial charge in [-0.15, -0.1) is 0 Å². The van der Waals surface area contributed by atoms with Gasteiger partial charge in [0.05, 0.1) is 34.2 Å². The van der Waals surface area contributed by atoms with Crippen LogP contribution in [0, 0.1) is 0 Å². The Morgan fingerprint density at radius 3 is 2.47 bits per heavy atom. The average Bonchev–Trinajstić information content (AvgIpc) is 3.36. The minimum Gasteiger partial charge on any atom is -0.505 e. The number of amides is 1. The Balaban J connectivity index is 2.04. The molecule has 0 saturated carbocycles. The molecule has 0 fully saturated rings. The maximum Gasteiger partial charge on any atom is 0.417 e. The molecule has 36 heavy (non-hydrogen) atoms. The van der Waals surface area contributed by atoms with Gasteiger partial charge in [-0.25, -0.2) is 8.42 Å². The largest absolute Gasteiger partial charge is 0.505 e. The van der Waals surface area contributed by atoms with Crippen LogP contribution in [0.15, 0.2) is 45.0 Å². The van der Waals surface area contributed by atoms with Gasteiger partial charge >= 0.3 is 6.18 Å². The van der Waals surface area contributed by atoms with Gasteiger partial charge in [0.2, 0.25) is 0 Å². The second-order valence-electron chi connectivity index (χ2n) is 8.72. The van der Waals surface area contributed by atoms with Crippen molar-refractivity contribution in [1.29, 1.82) is 0 Å². The number of anilines is 1. The van der Waals surface area contributed by atoms with Crippen LogP contribution in [0.1, 0.15) is 66.4 Å². The fraction of sp³-hybridized carbons (Fsp3) is 0.391. The molecule has 9 nitrogen and oxygen atoms in total. The number of rotatable bonds is 7. The number of hydrogen-bond donors (Lipinski definition) is 3. The summed E-state index contributed by atoms with van der Waals surface area (Å²) in [5.74, 6) is -1.46. The van der Waals surface area contributed by atoms with Crippen LogP contribution in [0.3, 0.4) is 0 Å². The van der Waals surface area contributed by atoms with Crippen molar-refractivity contribution >= 4 is 27.5 Å². The topological polar surface area (TPSA) is 124 Å². The maximum atomic E-state index is 13.5. The van der Waals surface area contributed by atoms with Gasteiger partial charge in [-0.2, -0.15) is 13.2 Å². The number of alkyl halides is 3. The van der Waals surface area contributed by atoms with Crippen molar-refractivity contribution in [1.82, 2.24) is 9.62 Å². The van der Waals surface area contributed by atoms with E-state index < -0.39 is 45.0 Å². The summed E-state index contributed by atoms with van der Waals surface area (Å²) in [4.78, 5) is 17.8. The highest BCUT2D eigenvalue weighted by molar-refractivity contribution is 7.93. The predicted molar refractivity (Wildman–Crippen MR) is 128 cm³/mol. The van der Waals surface area contributed by atoms with Crippen LogP contribution in [0.5, 0.6) is 5.75 Å². The number of halogens is 3. The molecule has 3 rings (SSSR count). The fourth-order valence-electron chi connectivity index (χ4n) is 3.49. The van der Waals surface area contributed by atoms with Crippen LogP contribution in [0.2, 0.25) is 0 Å². The molecule has 0 aliphatic carbocycles. The lowest BCUT2D eigenvalue weighted by Crippen LogP contribution is -2.27. The zero-order valence-corrected chi connectivity index (χ0v) is 21.1. The highest BCUT2D eigenvalue weighted by atomic mass is 32.2. The Bertz CT molecular complexity index is 1330. The van der Waals surface area contributed by atoms with Crippen LogP contribution in [-0.4, -0.2) is 44.3 Å². The first kappa shape index (κ1) is 27.1. The molecule has 1 atom stereocenters. The van der Waals surface area contributed by atoms with Crippen LogP contribution >= 0.6 is 0 Å². The van der Waals surface area contributed by atoms with Crippen molar-refractivity contribution in [3.05, 3.63) is 58.0 Å². The number of carbonyl (C=O) groups excluding carboxylic acids is 1. The number of amidine groups is 1.